The second-order valence-corrected chi connectivity index (χ2v) is 11.6. The van der Waals surface area contributed by atoms with Crippen molar-refractivity contribution in [1.29, 1.82) is 0 Å². The lowest BCUT2D eigenvalue weighted by Crippen LogP contribution is -2.37. The summed E-state index contributed by atoms with van der Waals surface area (Å²) >= 11 is 13.8. The smallest absolute Gasteiger partial charge is 0.319 e. The first-order valence-corrected chi connectivity index (χ1v) is 12.5. The molecular formula is C17H24Cl2N5O6PS. The molecule has 2 aromatic heterocycles. The number of thioether (sulfide) groups is 1. The van der Waals surface area contributed by atoms with E-state index >= 15 is 0 Å². The summed E-state index contributed by atoms with van der Waals surface area (Å²) in [5, 5.41) is 10.6. The first-order chi connectivity index (χ1) is 14.9. The van der Waals surface area contributed by atoms with Crippen molar-refractivity contribution in [3.63, 3.8) is 0 Å². The van der Waals surface area contributed by atoms with Crippen molar-refractivity contribution in [3.05, 3.63) is 12.7 Å². The minimum Gasteiger partial charge on any atom is -0.387 e. The van der Waals surface area contributed by atoms with Gasteiger partial charge in [0, 0.05) is 11.2 Å². The van der Waals surface area contributed by atoms with Crippen LogP contribution in [0.1, 0.15) is 27.0 Å². The molecule has 4 atom stereocenters. The van der Waals surface area contributed by atoms with Crippen LogP contribution in [0.3, 0.4) is 0 Å². The van der Waals surface area contributed by atoms with Gasteiger partial charge in [0.2, 0.25) is 0 Å². The summed E-state index contributed by atoms with van der Waals surface area (Å²) in [6.45, 7) is 5.24. The molecule has 11 nitrogen and oxygen atoms in total. The highest BCUT2D eigenvalue weighted by atomic mass is 35.5. The fourth-order valence-electron chi connectivity index (χ4n) is 2.82. The molecule has 1 fully saturated rings. The maximum absolute atomic E-state index is 12.0. The average molecular weight is 528 g/mol. The van der Waals surface area contributed by atoms with Crippen molar-refractivity contribution in [3.8, 4) is 0 Å². The van der Waals surface area contributed by atoms with Gasteiger partial charge in [-0.3, -0.25) is 13.9 Å². The van der Waals surface area contributed by atoms with Crippen molar-refractivity contribution in [2.24, 2.45) is 5.41 Å². The third kappa shape index (κ3) is 5.56. The summed E-state index contributed by atoms with van der Waals surface area (Å²) in [5.74, 6) is 0.506. The Hall–Kier alpha value is -0.980. The molecule has 1 aliphatic heterocycles. The minimum atomic E-state index is -2.89. The van der Waals surface area contributed by atoms with E-state index in [4.69, 9.17) is 42.7 Å². The molecule has 1 aliphatic rings. The number of hydrogen-bond acceptors (Lipinski definition) is 11. The zero-order valence-electron chi connectivity index (χ0n) is 17.5. The van der Waals surface area contributed by atoms with Crippen molar-refractivity contribution in [2.45, 2.75) is 43.5 Å². The van der Waals surface area contributed by atoms with Crippen molar-refractivity contribution in [1.82, 2.24) is 19.5 Å². The molecule has 0 amide bonds. The molecule has 3 N–H and O–H groups in total. The first-order valence-electron chi connectivity index (χ1n) is 9.54. The SMILES string of the molecule is CC(C)(C)C(=O)SCCO[PH](=O)OC[C@H]1O[C@@H](n2cnc3c(N)ncnc32)C(Cl)(Cl)[C@@H]1O. The Bertz CT molecular complexity index is 1000. The molecule has 15 heteroatoms. The van der Waals surface area contributed by atoms with E-state index in [1.54, 1.807) is 0 Å². The van der Waals surface area contributed by atoms with Crippen LogP contribution in [0.5, 0.6) is 0 Å². The number of rotatable bonds is 8. The van der Waals surface area contributed by atoms with Crippen LogP contribution in [0.25, 0.3) is 11.2 Å². The van der Waals surface area contributed by atoms with Crippen LogP contribution in [-0.4, -0.2) is 65.2 Å². The highest BCUT2D eigenvalue weighted by Gasteiger charge is 2.56. The molecular weight excluding hydrogens is 504 g/mol. The van der Waals surface area contributed by atoms with E-state index in [2.05, 4.69) is 15.0 Å². The normalized spacial score (nSPS) is 24.1. The molecule has 1 saturated heterocycles. The number of nitrogen functional groups attached to an aromatic ring is 1. The number of ether oxygens (including phenoxy) is 1. The highest BCUT2D eigenvalue weighted by Crippen LogP contribution is 2.48. The fraction of sp³-hybridized carbons (Fsp3) is 0.647. The lowest BCUT2D eigenvalue weighted by Gasteiger charge is -2.23. The molecule has 32 heavy (non-hydrogen) atoms. The number of carbonyl (C=O) groups excluding carboxylic acids is 1. The Morgan fingerprint density at radius 1 is 1.38 bits per heavy atom. The Labute approximate surface area is 199 Å². The molecule has 0 aliphatic carbocycles. The summed E-state index contributed by atoms with van der Waals surface area (Å²) in [6.07, 6.45) is -0.818. The van der Waals surface area contributed by atoms with E-state index in [-0.39, 0.29) is 24.1 Å². The van der Waals surface area contributed by atoms with Gasteiger partial charge in [0.15, 0.2) is 27.1 Å². The standard InChI is InChI=1S/C17H24Cl2N5O6PS/c1-16(2,3)15(26)32-5-4-28-31(27)29-6-9-11(25)17(18,19)14(30-9)24-8-23-10-12(20)21-7-22-13(10)24/h7-9,11,14,25,31H,4-6H2,1-3H3,(H2,20,21,22)/t9-,11-,14-/m1/s1. The number of nitrogens with zero attached hydrogens (tertiary/aromatic N) is 4. The molecule has 0 aromatic carbocycles. The molecule has 0 spiro atoms. The number of hydrogen-bond donors (Lipinski definition) is 2. The number of fused-ring (bicyclic) bond motifs is 1. The minimum absolute atomic E-state index is 0.00910. The largest absolute Gasteiger partial charge is 0.387 e. The topological polar surface area (TPSA) is 152 Å². The van der Waals surface area contributed by atoms with E-state index in [1.807, 2.05) is 20.8 Å². The zero-order valence-corrected chi connectivity index (χ0v) is 20.9. The molecule has 3 rings (SSSR count). The van der Waals surface area contributed by atoms with Crippen LogP contribution in [0.15, 0.2) is 12.7 Å². The van der Waals surface area contributed by atoms with Crippen LogP contribution in [-0.2, 0) is 23.1 Å². The third-order valence-electron chi connectivity index (χ3n) is 4.53. The van der Waals surface area contributed by atoms with Crippen molar-refractivity contribution >= 4 is 65.3 Å². The second-order valence-electron chi connectivity index (χ2n) is 8.02. The highest BCUT2D eigenvalue weighted by molar-refractivity contribution is 8.13. The molecule has 1 unspecified atom stereocenters. The maximum atomic E-state index is 12.0. The van der Waals surface area contributed by atoms with Gasteiger partial charge in [0.25, 0.3) is 0 Å². The predicted octanol–water partition coefficient (Wildman–Crippen LogP) is 2.57. The van der Waals surface area contributed by atoms with Gasteiger partial charge in [-0.15, -0.1) is 0 Å². The number of halogens is 2. The van der Waals surface area contributed by atoms with Gasteiger partial charge in [-0.1, -0.05) is 55.7 Å². The Balaban J connectivity index is 1.55. The van der Waals surface area contributed by atoms with Crippen molar-refractivity contribution in [2.75, 3.05) is 24.7 Å². The van der Waals surface area contributed by atoms with E-state index < -0.39 is 36.4 Å². The summed E-state index contributed by atoms with van der Waals surface area (Å²) < 4.78 is 27.8. The number of nitrogens with two attached hydrogens (primary N) is 1. The van der Waals surface area contributed by atoms with Crippen LogP contribution in [0.2, 0.25) is 0 Å². The summed E-state index contributed by atoms with van der Waals surface area (Å²) in [7, 11) is -2.89. The number of aliphatic hydroxyl groups is 1. The molecule has 3 heterocycles. The van der Waals surface area contributed by atoms with Gasteiger partial charge >= 0.3 is 8.25 Å². The molecule has 2 aromatic rings. The number of carbonyl (C=O) groups is 1. The van der Waals surface area contributed by atoms with Crippen LogP contribution in [0.4, 0.5) is 5.82 Å². The van der Waals surface area contributed by atoms with Gasteiger partial charge in [0.05, 0.1) is 19.5 Å². The Kier molecular flexibility index (Phi) is 8.10. The van der Waals surface area contributed by atoms with Gasteiger partial charge in [-0.2, -0.15) is 0 Å². The lowest BCUT2D eigenvalue weighted by atomic mass is 10.00. The van der Waals surface area contributed by atoms with Gasteiger partial charge < -0.3 is 24.6 Å². The van der Waals surface area contributed by atoms with E-state index in [9.17, 15) is 14.5 Å². The van der Waals surface area contributed by atoms with Crippen LogP contribution in [0, 0.1) is 5.41 Å². The summed E-state index contributed by atoms with van der Waals surface area (Å²) in [6, 6.07) is 0. The monoisotopic (exact) mass is 527 g/mol. The summed E-state index contributed by atoms with van der Waals surface area (Å²) in [5.41, 5.74) is 5.97. The molecule has 0 radical (unpaired) electrons. The van der Waals surface area contributed by atoms with Gasteiger partial charge in [-0.05, 0) is 0 Å². The number of aliphatic hydroxyl groups excluding tert-OH is 1. The number of alkyl halides is 2. The van der Waals surface area contributed by atoms with E-state index in [1.165, 1.54) is 17.2 Å². The lowest BCUT2D eigenvalue weighted by molar-refractivity contribution is -0.117. The number of anilines is 1. The average Bonchev–Trinajstić information content (AvgIpc) is 3.23. The first kappa shape index (κ1) is 25.6. The zero-order chi connectivity index (χ0) is 23.7. The van der Waals surface area contributed by atoms with Crippen LogP contribution >= 0.6 is 43.2 Å². The molecule has 0 bridgehead atoms. The van der Waals surface area contributed by atoms with E-state index in [0.717, 1.165) is 11.8 Å². The maximum Gasteiger partial charge on any atom is 0.319 e. The fourth-order valence-corrected chi connectivity index (χ4v) is 5.00. The van der Waals surface area contributed by atoms with Crippen LogP contribution < -0.4 is 5.73 Å². The molecule has 178 valence electrons. The van der Waals surface area contributed by atoms with Crippen molar-refractivity contribution < 1.29 is 28.3 Å². The van der Waals surface area contributed by atoms with Gasteiger partial charge in [0.1, 0.15) is 24.1 Å². The second kappa shape index (κ2) is 10.1. The number of imidazole rings is 1. The quantitative estimate of drug-likeness (QED) is 0.295. The number of aromatic nitrogens is 4. The van der Waals surface area contributed by atoms with E-state index in [0.29, 0.717) is 16.9 Å². The Morgan fingerprint density at radius 2 is 2.09 bits per heavy atom. The third-order valence-corrected chi connectivity index (χ3v) is 7.44. The summed E-state index contributed by atoms with van der Waals surface area (Å²) in [4.78, 5) is 24.0. The predicted molar refractivity (Wildman–Crippen MR) is 122 cm³/mol. The molecule has 0 saturated carbocycles. The van der Waals surface area contributed by atoms with Gasteiger partial charge in [-0.25, -0.2) is 15.0 Å². The Morgan fingerprint density at radius 3 is 2.78 bits per heavy atom.